The second kappa shape index (κ2) is 7.96. The number of hydrogen-bond donors (Lipinski definition) is 2. The molecule has 0 aliphatic heterocycles. The first-order chi connectivity index (χ1) is 14.8. The van der Waals surface area contributed by atoms with Crippen LogP contribution in [0.25, 0.3) is 27.2 Å². The van der Waals surface area contributed by atoms with Crippen molar-refractivity contribution in [1.29, 1.82) is 0 Å². The lowest BCUT2D eigenvalue weighted by Gasteiger charge is -2.02. The van der Waals surface area contributed by atoms with Crippen LogP contribution in [0.4, 0.5) is 0 Å². The number of carbonyl (C=O) groups is 1. The average Bonchev–Trinajstić information content (AvgIpc) is 3.54. The van der Waals surface area contributed by atoms with E-state index in [1.54, 1.807) is 16.3 Å². The molecule has 0 radical (unpaired) electrons. The number of carbonyl (C=O) groups excluding carboxylic acids is 1. The van der Waals surface area contributed by atoms with E-state index in [0.717, 1.165) is 28.2 Å². The number of aromatic amines is 1. The summed E-state index contributed by atoms with van der Waals surface area (Å²) in [6, 6.07) is 18.1. The fourth-order valence-electron chi connectivity index (χ4n) is 3.41. The molecule has 148 valence electrons. The lowest BCUT2D eigenvalue weighted by atomic mass is 10.1. The van der Waals surface area contributed by atoms with Gasteiger partial charge in [0.1, 0.15) is 10.7 Å². The Bertz CT molecular complexity index is 1300. The number of thiazole rings is 1. The smallest absolute Gasteiger partial charge is 0.270 e. The maximum Gasteiger partial charge on any atom is 0.270 e. The SMILES string of the molecule is O=C(NCCc1c[nH]c2ccccc12)c1csc(-c2cnn(-c3ccccc3)c2)n1. The van der Waals surface area contributed by atoms with E-state index in [1.165, 1.54) is 22.3 Å². The van der Waals surface area contributed by atoms with Crippen LogP contribution < -0.4 is 5.32 Å². The normalized spacial score (nSPS) is 11.1. The summed E-state index contributed by atoms with van der Waals surface area (Å²) in [6.07, 6.45) is 6.45. The number of benzene rings is 2. The highest BCUT2D eigenvalue weighted by Crippen LogP contribution is 2.24. The number of fused-ring (bicyclic) bond motifs is 1. The number of hydrogen-bond acceptors (Lipinski definition) is 4. The predicted octanol–water partition coefficient (Wildman–Crippen LogP) is 4.45. The van der Waals surface area contributed by atoms with Gasteiger partial charge in [-0.3, -0.25) is 4.79 Å². The summed E-state index contributed by atoms with van der Waals surface area (Å²) in [7, 11) is 0. The molecule has 0 saturated carbocycles. The first-order valence-electron chi connectivity index (χ1n) is 9.67. The second-order valence-corrected chi connectivity index (χ2v) is 7.77. The molecule has 5 aromatic rings. The molecule has 0 bridgehead atoms. The number of nitrogens with one attached hydrogen (secondary N) is 2. The van der Waals surface area contributed by atoms with Gasteiger partial charge in [-0.05, 0) is 30.2 Å². The van der Waals surface area contributed by atoms with Crippen molar-refractivity contribution in [3.8, 4) is 16.3 Å². The van der Waals surface area contributed by atoms with Crippen molar-refractivity contribution in [3.63, 3.8) is 0 Å². The van der Waals surface area contributed by atoms with Crippen molar-refractivity contribution >= 4 is 28.1 Å². The first-order valence-corrected chi connectivity index (χ1v) is 10.5. The van der Waals surface area contributed by atoms with E-state index >= 15 is 0 Å². The molecule has 0 unspecified atom stereocenters. The molecule has 2 aromatic carbocycles. The van der Waals surface area contributed by atoms with Crippen molar-refractivity contribution in [1.82, 2.24) is 25.1 Å². The Hall–Kier alpha value is -3.71. The van der Waals surface area contributed by atoms with E-state index in [1.807, 2.05) is 60.9 Å². The minimum Gasteiger partial charge on any atom is -0.361 e. The highest BCUT2D eigenvalue weighted by molar-refractivity contribution is 7.13. The van der Waals surface area contributed by atoms with Crippen molar-refractivity contribution in [2.45, 2.75) is 6.42 Å². The molecule has 0 saturated heterocycles. The quantitative estimate of drug-likeness (QED) is 0.432. The summed E-state index contributed by atoms with van der Waals surface area (Å²) >= 11 is 1.44. The maximum atomic E-state index is 12.5. The number of H-pyrrole nitrogens is 1. The topological polar surface area (TPSA) is 75.6 Å². The van der Waals surface area contributed by atoms with Gasteiger partial charge in [-0.2, -0.15) is 5.10 Å². The molecule has 6 nitrogen and oxygen atoms in total. The lowest BCUT2D eigenvalue weighted by Crippen LogP contribution is -2.25. The van der Waals surface area contributed by atoms with Crippen LogP contribution in [-0.4, -0.2) is 32.2 Å². The van der Waals surface area contributed by atoms with Crippen LogP contribution in [0.3, 0.4) is 0 Å². The zero-order valence-electron chi connectivity index (χ0n) is 16.1. The Morgan fingerprint density at radius 2 is 1.93 bits per heavy atom. The zero-order valence-corrected chi connectivity index (χ0v) is 16.9. The Balaban J connectivity index is 1.23. The molecule has 0 aliphatic rings. The molecule has 3 heterocycles. The summed E-state index contributed by atoms with van der Waals surface area (Å²) < 4.78 is 1.80. The van der Waals surface area contributed by atoms with E-state index in [4.69, 9.17) is 0 Å². The van der Waals surface area contributed by atoms with Crippen LogP contribution in [0.1, 0.15) is 16.1 Å². The van der Waals surface area contributed by atoms with Gasteiger partial charge < -0.3 is 10.3 Å². The van der Waals surface area contributed by atoms with E-state index in [9.17, 15) is 4.79 Å². The molecule has 3 aromatic heterocycles. The summed E-state index contributed by atoms with van der Waals surface area (Å²) in [5.74, 6) is -0.159. The van der Waals surface area contributed by atoms with Gasteiger partial charge >= 0.3 is 0 Å². The van der Waals surface area contributed by atoms with Crippen molar-refractivity contribution in [2.75, 3.05) is 6.54 Å². The molecule has 1 amide bonds. The summed E-state index contributed by atoms with van der Waals surface area (Å²) in [4.78, 5) is 20.3. The second-order valence-electron chi connectivity index (χ2n) is 6.91. The molecule has 7 heteroatoms. The van der Waals surface area contributed by atoms with Crippen molar-refractivity contribution in [3.05, 3.63) is 89.8 Å². The molecule has 30 heavy (non-hydrogen) atoms. The number of para-hydroxylation sites is 2. The maximum absolute atomic E-state index is 12.5. The largest absolute Gasteiger partial charge is 0.361 e. The monoisotopic (exact) mass is 413 g/mol. The minimum atomic E-state index is -0.159. The third kappa shape index (κ3) is 3.62. The van der Waals surface area contributed by atoms with E-state index < -0.39 is 0 Å². The van der Waals surface area contributed by atoms with Crippen LogP contribution in [-0.2, 0) is 6.42 Å². The standard InChI is InChI=1S/C23H19N5OS/c29-22(24-11-10-16-12-25-20-9-5-4-8-19(16)20)21-15-30-23(27-21)17-13-26-28(14-17)18-6-2-1-3-7-18/h1-9,12-15,25H,10-11H2,(H,24,29). The number of rotatable bonds is 6. The molecule has 0 fully saturated rings. The molecule has 5 rings (SSSR count). The van der Waals surface area contributed by atoms with Gasteiger partial charge in [-0.25, -0.2) is 9.67 Å². The van der Waals surface area contributed by atoms with Gasteiger partial charge in [0.15, 0.2) is 0 Å². The summed E-state index contributed by atoms with van der Waals surface area (Å²) in [5.41, 5.74) is 4.61. The summed E-state index contributed by atoms with van der Waals surface area (Å²) in [5, 5.41) is 11.1. The number of aromatic nitrogens is 4. The fraction of sp³-hybridized carbons (Fsp3) is 0.0870. The molecule has 0 aliphatic carbocycles. The van der Waals surface area contributed by atoms with Crippen LogP contribution in [0.5, 0.6) is 0 Å². The van der Waals surface area contributed by atoms with Gasteiger partial charge in [-0.15, -0.1) is 11.3 Å². The highest BCUT2D eigenvalue weighted by Gasteiger charge is 2.13. The average molecular weight is 414 g/mol. The minimum absolute atomic E-state index is 0.159. The predicted molar refractivity (Wildman–Crippen MR) is 119 cm³/mol. The van der Waals surface area contributed by atoms with Crippen LogP contribution in [0.15, 0.2) is 78.6 Å². The number of amides is 1. The Labute approximate surface area is 177 Å². The van der Waals surface area contributed by atoms with E-state index in [-0.39, 0.29) is 5.91 Å². The van der Waals surface area contributed by atoms with Crippen molar-refractivity contribution < 1.29 is 4.79 Å². The highest BCUT2D eigenvalue weighted by atomic mass is 32.1. The van der Waals surface area contributed by atoms with Gasteiger partial charge in [0.2, 0.25) is 0 Å². The van der Waals surface area contributed by atoms with Gasteiger partial charge in [-0.1, -0.05) is 36.4 Å². The van der Waals surface area contributed by atoms with E-state index in [2.05, 4.69) is 26.4 Å². The third-order valence-corrected chi connectivity index (χ3v) is 5.83. The molecule has 2 N–H and O–H groups in total. The molecular weight excluding hydrogens is 394 g/mol. The van der Waals surface area contributed by atoms with Crippen molar-refractivity contribution in [2.24, 2.45) is 0 Å². The Morgan fingerprint density at radius 3 is 2.83 bits per heavy atom. The zero-order chi connectivity index (χ0) is 20.3. The summed E-state index contributed by atoms with van der Waals surface area (Å²) in [6.45, 7) is 0.555. The van der Waals surface area contributed by atoms with E-state index in [0.29, 0.717) is 12.2 Å². The first kappa shape index (κ1) is 18.3. The van der Waals surface area contributed by atoms with Crippen LogP contribution in [0.2, 0.25) is 0 Å². The van der Waals surface area contributed by atoms with Gasteiger partial charge in [0.25, 0.3) is 5.91 Å². The Kier molecular flexibility index (Phi) is 4.86. The molecular formula is C23H19N5OS. The Morgan fingerprint density at radius 1 is 1.10 bits per heavy atom. The third-order valence-electron chi connectivity index (χ3n) is 4.94. The molecule has 0 spiro atoms. The lowest BCUT2D eigenvalue weighted by molar-refractivity contribution is 0.0950. The van der Waals surface area contributed by atoms with Crippen LogP contribution >= 0.6 is 11.3 Å². The van der Waals surface area contributed by atoms with Gasteiger partial charge in [0, 0.05) is 40.8 Å². The van der Waals surface area contributed by atoms with Crippen LogP contribution in [0, 0.1) is 0 Å². The van der Waals surface area contributed by atoms with Gasteiger partial charge in [0.05, 0.1) is 11.9 Å². The number of nitrogens with zero attached hydrogens (tertiary/aromatic N) is 3. The fourth-order valence-corrected chi connectivity index (χ4v) is 4.18. The molecule has 0 atom stereocenters.